The maximum absolute atomic E-state index is 13.5. The van der Waals surface area contributed by atoms with Crippen LogP contribution >= 0.6 is 0 Å². The summed E-state index contributed by atoms with van der Waals surface area (Å²) in [6.45, 7) is 3.96. The lowest BCUT2D eigenvalue weighted by Gasteiger charge is -2.10. The van der Waals surface area contributed by atoms with E-state index in [1.807, 2.05) is 13.8 Å². The molecule has 0 atom stereocenters. The molecule has 0 saturated heterocycles. The van der Waals surface area contributed by atoms with Crippen LogP contribution in [-0.4, -0.2) is 16.0 Å². The summed E-state index contributed by atoms with van der Waals surface area (Å²) in [4.78, 5) is 8.16. The van der Waals surface area contributed by atoms with E-state index in [9.17, 15) is 8.78 Å². The zero-order chi connectivity index (χ0) is 13.8. The van der Waals surface area contributed by atoms with E-state index in [1.54, 1.807) is 12.3 Å². The lowest BCUT2D eigenvalue weighted by molar-refractivity contribution is 0.586. The van der Waals surface area contributed by atoms with Gasteiger partial charge in [0.1, 0.15) is 17.5 Å². The molecule has 0 amide bonds. The molecule has 1 aromatic carbocycles. The largest absolute Gasteiger partial charge is 0.368 e. The van der Waals surface area contributed by atoms with Crippen LogP contribution in [0.3, 0.4) is 0 Å². The SMILES string of the molecule is CC(C)Nc1ccnc(Nc2ccc(F)cc2F)n1. The quantitative estimate of drug-likeness (QED) is 0.889. The molecule has 2 rings (SSSR count). The highest BCUT2D eigenvalue weighted by Gasteiger charge is 2.06. The van der Waals surface area contributed by atoms with Crippen LogP contribution in [0.2, 0.25) is 0 Å². The molecule has 19 heavy (non-hydrogen) atoms. The Labute approximate surface area is 109 Å². The van der Waals surface area contributed by atoms with Gasteiger partial charge in [-0.15, -0.1) is 0 Å². The fourth-order valence-corrected chi connectivity index (χ4v) is 1.51. The topological polar surface area (TPSA) is 49.8 Å². The maximum atomic E-state index is 13.5. The summed E-state index contributed by atoms with van der Waals surface area (Å²) in [7, 11) is 0. The first-order valence-electron chi connectivity index (χ1n) is 5.86. The van der Waals surface area contributed by atoms with E-state index in [1.165, 1.54) is 12.1 Å². The first-order chi connectivity index (χ1) is 9.04. The molecule has 0 bridgehead atoms. The summed E-state index contributed by atoms with van der Waals surface area (Å²) in [6.07, 6.45) is 1.56. The number of rotatable bonds is 4. The third-order valence-corrected chi connectivity index (χ3v) is 2.27. The summed E-state index contributed by atoms with van der Waals surface area (Å²) in [5.74, 6) is -0.434. The molecule has 0 saturated carbocycles. The molecule has 0 fully saturated rings. The highest BCUT2D eigenvalue weighted by Crippen LogP contribution is 2.19. The molecule has 1 heterocycles. The number of benzene rings is 1. The number of aromatic nitrogens is 2. The Bertz CT molecular complexity index is 572. The Morgan fingerprint density at radius 3 is 2.63 bits per heavy atom. The van der Waals surface area contributed by atoms with Crippen molar-refractivity contribution in [1.29, 1.82) is 0 Å². The van der Waals surface area contributed by atoms with Crippen LogP contribution in [0, 0.1) is 11.6 Å². The molecule has 6 heteroatoms. The lowest BCUT2D eigenvalue weighted by Crippen LogP contribution is -2.12. The van der Waals surface area contributed by atoms with Gasteiger partial charge in [0.15, 0.2) is 0 Å². The fraction of sp³-hybridized carbons (Fsp3) is 0.231. The second-order valence-corrected chi connectivity index (χ2v) is 4.31. The third-order valence-electron chi connectivity index (χ3n) is 2.27. The normalized spacial score (nSPS) is 10.6. The van der Waals surface area contributed by atoms with Gasteiger partial charge in [0.25, 0.3) is 0 Å². The average Bonchev–Trinajstić information content (AvgIpc) is 2.32. The Balaban J connectivity index is 2.18. The molecule has 2 N–H and O–H groups in total. The van der Waals surface area contributed by atoms with E-state index < -0.39 is 11.6 Å². The lowest BCUT2D eigenvalue weighted by atomic mass is 10.3. The first-order valence-corrected chi connectivity index (χ1v) is 5.86. The van der Waals surface area contributed by atoms with Gasteiger partial charge in [-0.1, -0.05) is 0 Å². The summed E-state index contributed by atoms with van der Waals surface area (Å²) in [5, 5.41) is 5.82. The smallest absolute Gasteiger partial charge is 0.229 e. The van der Waals surface area contributed by atoms with Gasteiger partial charge in [-0.25, -0.2) is 13.8 Å². The Kier molecular flexibility index (Phi) is 3.89. The minimum atomic E-state index is -0.689. The monoisotopic (exact) mass is 264 g/mol. The predicted molar refractivity (Wildman–Crippen MR) is 70.4 cm³/mol. The Hall–Kier alpha value is -2.24. The molecule has 0 radical (unpaired) electrons. The molecule has 0 aliphatic rings. The molecule has 0 aliphatic carbocycles. The highest BCUT2D eigenvalue weighted by molar-refractivity contribution is 5.55. The Morgan fingerprint density at radius 1 is 1.16 bits per heavy atom. The minimum Gasteiger partial charge on any atom is -0.368 e. The van der Waals surface area contributed by atoms with Crippen molar-refractivity contribution in [1.82, 2.24) is 9.97 Å². The minimum absolute atomic E-state index is 0.128. The molecule has 2 aromatic rings. The van der Waals surface area contributed by atoms with Gasteiger partial charge in [-0.05, 0) is 32.0 Å². The zero-order valence-corrected chi connectivity index (χ0v) is 10.6. The second-order valence-electron chi connectivity index (χ2n) is 4.31. The standard InChI is InChI=1S/C13H14F2N4/c1-8(2)17-12-5-6-16-13(19-12)18-11-4-3-9(14)7-10(11)15/h3-8H,1-2H3,(H2,16,17,18,19). The van der Waals surface area contributed by atoms with Gasteiger partial charge in [-0.3, -0.25) is 0 Å². The van der Waals surface area contributed by atoms with E-state index in [0.717, 1.165) is 6.07 Å². The first kappa shape index (κ1) is 13.2. The molecule has 0 aliphatic heterocycles. The van der Waals surface area contributed by atoms with Crippen LogP contribution in [0.5, 0.6) is 0 Å². The Morgan fingerprint density at radius 2 is 1.95 bits per heavy atom. The van der Waals surface area contributed by atoms with Crippen molar-refractivity contribution < 1.29 is 8.78 Å². The van der Waals surface area contributed by atoms with Gasteiger partial charge in [0.2, 0.25) is 5.95 Å². The number of hydrogen-bond acceptors (Lipinski definition) is 4. The van der Waals surface area contributed by atoms with Crippen molar-refractivity contribution >= 4 is 17.5 Å². The molecule has 1 aromatic heterocycles. The number of nitrogens with zero attached hydrogens (tertiary/aromatic N) is 2. The van der Waals surface area contributed by atoms with Crippen molar-refractivity contribution in [2.75, 3.05) is 10.6 Å². The number of anilines is 3. The highest BCUT2D eigenvalue weighted by atomic mass is 19.1. The van der Waals surface area contributed by atoms with Crippen molar-refractivity contribution in [2.45, 2.75) is 19.9 Å². The zero-order valence-electron chi connectivity index (χ0n) is 10.6. The molecular formula is C13H14F2N4. The van der Waals surface area contributed by atoms with Crippen molar-refractivity contribution in [3.05, 3.63) is 42.1 Å². The van der Waals surface area contributed by atoms with Gasteiger partial charge >= 0.3 is 0 Å². The van der Waals surface area contributed by atoms with E-state index in [4.69, 9.17) is 0 Å². The van der Waals surface area contributed by atoms with Crippen molar-refractivity contribution in [3.63, 3.8) is 0 Å². The molecule has 100 valence electrons. The van der Waals surface area contributed by atoms with Gasteiger partial charge < -0.3 is 10.6 Å². The average molecular weight is 264 g/mol. The molecule has 0 unspecified atom stereocenters. The van der Waals surface area contributed by atoms with Crippen LogP contribution in [0.1, 0.15) is 13.8 Å². The number of hydrogen-bond donors (Lipinski definition) is 2. The fourth-order valence-electron chi connectivity index (χ4n) is 1.51. The van der Waals surface area contributed by atoms with Gasteiger partial charge in [-0.2, -0.15) is 4.98 Å². The summed E-state index contributed by atoms with van der Waals surface area (Å²) in [6, 6.07) is 5.22. The molecule has 4 nitrogen and oxygen atoms in total. The van der Waals surface area contributed by atoms with E-state index in [0.29, 0.717) is 5.82 Å². The maximum Gasteiger partial charge on any atom is 0.229 e. The van der Waals surface area contributed by atoms with E-state index in [-0.39, 0.29) is 17.7 Å². The predicted octanol–water partition coefficient (Wildman–Crippen LogP) is 3.32. The van der Waals surface area contributed by atoms with Crippen LogP contribution in [0.15, 0.2) is 30.5 Å². The number of halogens is 2. The van der Waals surface area contributed by atoms with E-state index >= 15 is 0 Å². The van der Waals surface area contributed by atoms with Crippen LogP contribution in [0.25, 0.3) is 0 Å². The summed E-state index contributed by atoms with van der Waals surface area (Å²) in [5.41, 5.74) is 0.128. The number of nitrogens with one attached hydrogen (secondary N) is 2. The van der Waals surface area contributed by atoms with Crippen molar-refractivity contribution in [3.8, 4) is 0 Å². The second kappa shape index (κ2) is 5.60. The summed E-state index contributed by atoms with van der Waals surface area (Å²) >= 11 is 0. The summed E-state index contributed by atoms with van der Waals surface area (Å²) < 4.78 is 26.3. The van der Waals surface area contributed by atoms with E-state index in [2.05, 4.69) is 20.6 Å². The third kappa shape index (κ3) is 3.61. The van der Waals surface area contributed by atoms with Gasteiger partial charge in [0.05, 0.1) is 5.69 Å². The molecule has 0 spiro atoms. The molecular weight excluding hydrogens is 250 g/mol. The van der Waals surface area contributed by atoms with Gasteiger partial charge in [0, 0.05) is 18.3 Å². The van der Waals surface area contributed by atoms with Crippen LogP contribution in [-0.2, 0) is 0 Å². The van der Waals surface area contributed by atoms with Crippen LogP contribution < -0.4 is 10.6 Å². The van der Waals surface area contributed by atoms with Crippen molar-refractivity contribution in [2.24, 2.45) is 0 Å². The van der Waals surface area contributed by atoms with Crippen LogP contribution in [0.4, 0.5) is 26.2 Å².